The van der Waals surface area contributed by atoms with E-state index in [2.05, 4.69) is 11.8 Å². The molecular formula is C11H24N2O. The van der Waals surface area contributed by atoms with Crippen LogP contribution in [0.2, 0.25) is 0 Å². The second kappa shape index (κ2) is 7.21. The first-order valence-electron chi connectivity index (χ1n) is 5.90. The third-order valence-corrected chi connectivity index (χ3v) is 2.81. The SMILES string of the molecule is CCCN(CCCN)C1CCCOC1. The van der Waals surface area contributed by atoms with E-state index in [-0.39, 0.29) is 0 Å². The summed E-state index contributed by atoms with van der Waals surface area (Å²) in [5, 5.41) is 0. The number of rotatable bonds is 6. The molecule has 1 unspecified atom stereocenters. The Morgan fingerprint density at radius 2 is 2.29 bits per heavy atom. The Morgan fingerprint density at radius 3 is 2.86 bits per heavy atom. The van der Waals surface area contributed by atoms with Gasteiger partial charge in [-0.15, -0.1) is 0 Å². The van der Waals surface area contributed by atoms with E-state index in [1.165, 1.54) is 25.8 Å². The van der Waals surface area contributed by atoms with Crippen LogP contribution < -0.4 is 5.73 Å². The number of nitrogens with two attached hydrogens (primary N) is 1. The van der Waals surface area contributed by atoms with Gasteiger partial charge in [-0.1, -0.05) is 6.92 Å². The van der Waals surface area contributed by atoms with Gasteiger partial charge in [-0.05, 0) is 45.3 Å². The molecule has 84 valence electrons. The van der Waals surface area contributed by atoms with Gasteiger partial charge in [0.1, 0.15) is 0 Å². The molecule has 1 fully saturated rings. The van der Waals surface area contributed by atoms with Gasteiger partial charge in [0, 0.05) is 12.6 Å². The van der Waals surface area contributed by atoms with Crippen molar-refractivity contribution in [2.24, 2.45) is 5.73 Å². The zero-order valence-electron chi connectivity index (χ0n) is 9.37. The average molecular weight is 200 g/mol. The monoisotopic (exact) mass is 200 g/mol. The van der Waals surface area contributed by atoms with Crippen LogP contribution >= 0.6 is 0 Å². The zero-order chi connectivity index (χ0) is 10.2. The van der Waals surface area contributed by atoms with Crippen LogP contribution in [-0.2, 0) is 4.74 Å². The van der Waals surface area contributed by atoms with Crippen molar-refractivity contribution < 1.29 is 4.74 Å². The molecule has 0 aromatic rings. The fourth-order valence-electron chi connectivity index (χ4n) is 2.07. The summed E-state index contributed by atoms with van der Waals surface area (Å²) < 4.78 is 5.52. The van der Waals surface area contributed by atoms with Crippen molar-refractivity contribution >= 4 is 0 Å². The van der Waals surface area contributed by atoms with Gasteiger partial charge in [0.25, 0.3) is 0 Å². The Balaban J connectivity index is 2.30. The molecule has 1 atom stereocenters. The summed E-state index contributed by atoms with van der Waals surface area (Å²) in [7, 11) is 0. The standard InChI is InChI=1S/C11H24N2O/c1-2-7-13(8-4-6-12)11-5-3-9-14-10-11/h11H,2-10,12H2,1H3. The van der Waals surface area contributed by atoms with Gasteiger partial charge in [-0.25, -0.2) is 0 Å². The summed E-state index contributed by atoms with van der Waals surface area (Å²) in [6.07, 6.45) is 4.84. The Hall–Kier alpha value is -0.120. The normalized spacial score (nSPS) is 22.9. The number of hydrogen-bond acceptors (Lipinski definition) is 3. The Kier molecular flexibility index (Phi) is 6.15. The van der Waals surface area contributed by atoms with Crippen LogP contribution in [0.15, 0.2) is 0 Å². The minimum Gasteiger partial charge on any atom is -0.380 e. The lowest BCUT2D eigenvalue weighted by atomic mass is 10.1. The van der Waals surface area contributed by atoms with Crippen LogP contribution in [0.3, 0.4) is 0 Å². The van der Waals surface area contributed by atoms with Crippen LogP contribution in [0.1, 0.15) is 32.6 Å². The van der Waals surface area contributed by atoms with Crippen molar-refractivity contribution in [3.63, 3.8) is 0 Å². The molecule has 14 heavy (non-hydrogen) atoms. The van der Waals surface area contributed by atoms with Crippen LogP contribution in [-0.4, -0.2) is 43.8 Å². The number of ether oxygens (including phenoxy) is 1. The fraction of sp³-hybridized carbons (Fsp3) is 1.00. The van der Waals surface area contributed by atoms with E-state index in [1.54, 1.807) is 0 Å². The van der Waals surface area contributed by atoms with Gasteiger partial charge in [-0.2, -0.15) is 0 Å². The van der Waals surface area contributed by atoms with Crippen LogP contribution in [0.25, 0.3) is 0 Å². The van der Waals surface area contributed by atoms with Crippen LogP contribution in [0, 0.1) is 0 Å². The average Bonchev–Trinajstić information content (AvgIpc) is 2.25. The maximum atomic E-state index is 5.54. The van der Waals surface area contributed by atoms with E-state index in [1.807, 2.05) is 0 Å². The minimum absolute atomic E-state index is 0.648. The summed E-state index contributed by atoms with van der Waals surface area (Å²) in [5.41, 5.74) is 5.54. The molecule has 1 aliphatic rings. The van der Waals surface area contributed by atoms with E-state index in [0.717, 1.165) is 32.7 Å². The molecule has 3 heteroatoms. The first-order chi connectivity index (χ1) is 6.88. The molecule has 2 N–H and O–H groups in total. The molecule has 1 rings (SSSR count). The quantitative estimate of drug-likeness (QED) is 0.701. The van der Waals surface area contributed by atoms with Crippen LogP contribution in [0.4, 0.5) is 0 Å². The minimum atomic E-state index is 0.648. The summed E-state index contributed by atoms with van der Waals surface area (Å²) >= 11 is 0. The van der Waals surface area contributed by atoms with Gasteiger partial charge in [0.15, 0.2) is 0 Å². The van der Waals surface area contributed by atoms with E-state index in [0.29, 0.717) is 6.04 Å². The number of hydrogen-bond donors (Lipinski definition) is 1. The van der Waals surface area contributed by atoms with Crippen molar-refractivity contribution in [3.8, 4) is 0 Å². The van der Waals surface area contributed by atoms with Crippen molar-refractivity contribution in [2.75, 3.05) is 32.8 Å². The third-order valence-electron chi connectivity index (χ3n) is 2.81. The first-order valence-corrected chi connectivity index (χ1v) is 5.90. The molecular weight excluding hydrogens is 176 g/mol. The predicted molar refractivity (Wildman–Crippen MR) is 59.4 cm³/mol. The summed E-state index contributed by atoms with van der Waals surface area (Å²) in [4.78, 5) is 2.55. The molecule has 0 spiro atoms. The molecule has 1 saturated heterocycles. The topological polar surface area (TPSA) is 38.5 Å². The molecule has 1 heterocycles. The highest BCUT2D eigenvalue weighted by molar-refractivity contribution is 4.74. The Bertz CT molecular complexity index is 135. The van der Waals surface area contributed by atoms with Gasteiger partial charge in [-0.3, -0.25) is 4.90 Å². The first kappa shape index (κ1) is 12.0. The molecule has 0 aromatic carbocycles. The highest BCUT2D eigenvalue weighted by Crippen LogP contribution is 2.13. The lowest BCUT2D eigenvalue weighted by Gasteiger charge is -2.33. The Labute approximate surface area is 87.6 Å². The maximum absolute atomic E-state index is 5.54. The van der Waals surface area contributed by atoms with Gasteiger partial charge in [0.2, 0.25) is 0 Å². The molecule has 0 saturated carbocycles. The van der Waals surface area contributed by atoms with E-state index >= 15 is 0 Å². The van der Waals surface area contributed by atoms with Gasteiger partial charge < -0.3 is 10.5 Å². The fourth-order valence-corrected chi connectivity index (χ4v) is 2.07. The maximum Gasteiger partial charge on any atom is 0.0621 e. The van der Waals surface area contributed by atoms with Crippen LogP contribution in [0.5, 0.6) is 0 Å². The highest BCUT2D eigenvalue weighted by Gasteiger charge is 2.20. The predicted octanol–water partition coefficient (Wildman–Crippen LogP) is 1.23. The summed E-state index contributed by atoms with van der Waals surface area (Å²) in [6, 6.07) is 0.648. The molecule has 0 amide bonds. The Morgan fingerprint density at radius 1 is 1.43 bits per heavy atom. The number of nitrogens with zero attached hydrogens (tertiary/aromatic N) is 1. The summed E-state index contributed by atoms with van der Waals surface area (Å²) in [6.45, 7) is 7.23. The smallest absolute Gasteiger partial charge is 0.0621 e. The molecule has 0 bridgehead atoms. The highest BCUT2D eigenvalue weighted by atomic mass is 16.5. The molecule has 1 aliphatic heterocycles. The van der Waals surface area contributed by atoms with Gasteiger partial charge in [0.05, 0.1) is 6.61 Å². The summed E-state index contributed by atoms with van der Waals surface area (Å²) in [5.74, 6) is 0. The third kappa shape index (κ3) is 3.95. The largest absolute Gasteiger partial charge is 0.380 e. The van der Waals surface area contributed by atoms with Crippen molar-refractivity contribution in [1.29, 1.82) is 0 Å². The van der Waals surface area contributed by atoms with Crippen molar-refractivity contribution in [2.45, 2.75) is 38.6 Å². The molecule has 0 radical (unpaired) electrons. The molecule has 3 nitrogen and oxygen atoms in total. The lowest BCUT2D eigenvalue weighted by Crippen LogP contribution is -2.42. The lowest BCUT2D eigenvalue weighted by molar-refractivity contribution is 0.0176. The van der Waals surface area contributed by atoms with Gasteiger partial charge >= 0.3 is 0 Å². The second-order valence-electron chi connectivity index (χ2n) is 4.05. The molecule has 0 aromatic heterocycles. The van der Waals surface area contributed by atoms with E-state index in [4.69, 9.17) is 10.5 Å². The second-order valence-corrected chi connectivity index (χ2v) is 4.05. The molecule has 0 aliphatic carbocycles. The van der Waals surface area contributed by atoms with Crippen molar-refractivity contribution in [3.05, 3.63) is 0 Å². The van der Waals surface area contributed by atoms with E-state index < -0.39 is 0 Å². The zero-order valence-corrected chi connectivity index (χ0v) is 9.37. The van der Waals surface area contributed by atoms with Crippen molar-refractivity contribution in [1.82, 2.24) is 4.90 Å². The van der Waals surface area contributed by atoms with E-state index in [9.17, 15) is 0 Å².